The van der Waals surface area contributed by atoms with Crippen LogP contribution in [0.25, 0.3) is 0 Å². The van der Waals surface area contributed by atoms with Crippen LogP contribution in [0.3, 0.4) is 0 Å². The lowest BCUT2D eigenvalue weighted by atomic mass is 9.75. The second kappa shape index (κ2) is 4.88. The summed E-state index contributed by atoms with van der Waals surface area (Å²) in [5.74, 6) is -0.309. The van der Waals surface area contributed by atoms with E-state index in [0.29, 0.717) is 0 Å². The molecule has 0 saturated carbocycles. The third kappa shape index (κ3) is 2.75. The minimum Gasteiger partial charge on any atom is -0.402 e. The Kier molecular flexibility index (Phi) is 3.86. The summed E-state index contributed by atoms with van der Waals surface area (Å²) in [7, 11) is -0.427. The zero-order chi connectivity index (χ0) is 14.4. The van der Waals surface area contributed by atoms with Crippen molar-refractivity contribution in [2.45, 2.75) is 51.8 Å². The lowest BCUT2D eigenvalue weighted by Crippen LogP contribution is -2.41. The van der Waals surface area contributed by atoms with E-state index in [1.165, 1.54) is 5.56 Å². The van der Waals surface area contributed by atoms with Gasteiger partial charge in [-0.3, -0.25) is 0 Å². The fraction of sp³-hybridized carbons (Fsp3) is 0.571. The molecule has 2 rings (SSSR count). The molecule has 0 aliphatic carbocycles. The first-order chi connectivity index (χ1) is 8.64. The fourth-order valence-electron chi connectivity index (χ4n) is 2.08. The number of hydrogen-bond acceptors (Lipinski definition) is 3. The minimum atomic E-state index is -0.427. The van der Waals surface area contributed by atoms with Crippen LogP contribution >= 0.6 is 15.9 Å². The lowest BCUT2D eigenvalue weighted by molar-refractivity contribution is 0.00578. The molecule has 1 aliphatic rings. The summed E-state index contributed by atoms with van der Waals surface area (Å²) in [6.45, 7) is 10.2. The topological polar surface area (TPSA) is 44.5 Å². The first-order valence-electron chi connectivity index (χ1n) is 6.51. The average molecular weight is 326 g/mol. The summed E-state index contributed by atoms with van der Waals surface area (Å²) in [5, 5.41) is 0. The van der Waals surface area contributed by atoms with Gasteiger partial charge in [0.05, 0.1) is 17.1 Å². The molecule has 1 fully saturated rings. The standard InChI is InChI=1S/C14H21BBrNO2/c1-9-6-7-10(11(16)8-9)12(17)15-18-13(2,3)14(4,5)19-15/h6-8,12H,17H2,1-5H3/t12-/m1/s1. The molecular weight excluding hydrogens is 305 g/mol. The van der Waals surface area contributed by atoms with Crippen molar-refractivity contribution in [1.29, 1.82) is 0 Å². The molecule has 1 aromatic carbocycles. The van der Waals surface area contributed by atoms with Crippen molar-refractivity contribution < 1.29 is 9.31 Å². The second-order valence-electron chi connectivity index (χ2n) is 6.18. The average Bonchev–Trinajstić information content (AvgIpc) is 2.47. The molecule has 0 unspecified atom stereocenters. The van der Waals surface area contributed by atoms with E-state index in [1.54, 1.807) is 0 Å². The SMILES string of the molecule is Cc1ccc([C@@H](N)B2OC(C)(C)C(C)(C)O2)c(Br)c1. The second-order valence-corrected chi connectivity index (χ2v) is 7.03. The van der Waals surface area contributed by atoms with Crippen molar-refractivity contribution in [2.75, 3.05) is 0 Å². The Morgan fingerprint density at radius 3 is 2.16 bits per heavy atom. The summed E-state index contributed by atoms with van der Waals surface area (Å²) < 4.78 is 13.0. The van der Waals surface area contributed by atoms with Crippen molar-refractivity contribution in [2.24, 2.45) is 5.73 Å². The van der Waals surface area contributed by atoms with E-state index in [4.69, 9.17) is 15.0 Å². The predicted octanol–water partition coefficient (Wildman–Crippen LogP) is 3.39. The molecule has 5 heteroatoms. The van der Waals surface area contributed by atoms with Crippen LogP contribution in [-0.4, -0.2) is 18.3 Å². The molecule has 1 saturated heterocycles. The lowest BCUT2D eigenvalue weighted by Gasteiger charge is -2.32. The van der Waals surface area contributed by atoms with Gasteiger partial charge in [-0.05, 0) is 51.8 Å². The molecular formula is C14H21BBrNO2. The zero-order valence-electron chi connectivity index (χ0n) is 12.2. The van der Waals surface area contributed by atoms with Crippen LogP contribution in [0.5, 0.6) is 0 Å². The van der Waals surface area contributed by atoms with Crippen LogP contribution in [-0.2, 0) is 9.31 Å². The predicted molar refractivity (Wildman–Crippen MR) is 81.9 cm³/mol. The van der Waals surface area contributed by atoms with Gasteiger partial charge in [-0.25, -0.2) is 0 Å². The summed E-state index contributed by atoms with van der Waals surface area (Å²) in [4.78, 5) is 0. The number of aryl methyl sites for hydroxylation is 1. The Labute approximate surface area is 124 Å². The maximum absolute atomic E-state index is 6.31. The van der Waals surface area contributed by atoms with Gasteiger partial charge < -0.3 is 15.0 Å². The highest BCUT2D eigenvalue weighted by molar-refractivity contribution is 9.10. The van der Waals surface area contributed by atoms with Gasteiger partial charge in [0.25, 0.3) is 0 Å². The fourth-order valence-corrected chi connectivity index (χ4v) is 2.84. The van der Waals surface area contributed by atoms with Crippen LogP contribution in [0.4, 0.5) is 0 Å². The molecule has 104 valence electrons. The Bertz CT molecular complexity index is 474. The van der Waals surface area contributed by atoms with E-state index in [-0.39, 0.29) is 17.1 Å². The van der Waals surface area contributed by atoms with Crippen molar-refractivity contribution in [1.82, 2.24) is 0 Å². The Morgan fingerprint density at radius 2 is 1.68 bits per heavy atom. The van der Waals surface area contributed by atoms with Crippen molar-refractivity contribution in [3.05, 3.63) is 33.8 Å². The Hall–Kier alpha value is -0.355. The van der Waals surface area contributed by atoms with E-state index in [1.807, 2.05) is 39.8 Å². The van der Waals surface area contributed by atoms with Crippen LogP contribution in [0, 0.1) is 6.92 Å². The molecule has 1 aliphatic heterocycles. The van der Waals surface area contributed by atoms with Crippen LogP contribution < -0.4 is 5.73 Å². The molecule has 0 bridgehead atoms. The quantitative estimate of drug-likeness (QED) is 0.848. The van der Waals surface area contributed by atoms with Gasteiger partial charge in [0.2, 0.25) is 0 Å². The van der Waals surface area contributed by atoms with Gasteiger partial charge in [0, 0.05) is 4.47 Å². The van der Waals surface area contributed by atoms with Crippen LogP contribution in [0.15, 0.2) is 22.7 Å². The van der Waals surface area contributed by atoms with E-state index in [2.05, 4.69) is 28.9 Å². The van der Waals surface area contributed by atoms with Crippen molar-refractivity contribution >= 4 is 23.0 Å². The molecule has 0 spiro atoms. The minimum absolute atomic E-state index is 0.309. The largest absolute Gasteiger partial charge is 0.480 e. The van der Waals surface area contributed by atoms with Crippen molar-refractivity contribution in [3.63, 3.8) is 0 Å². The maximum atomic E-state index is 6.31. The third-order valence-electron chi connectivity index (χ3n) is 4.08. The van der Waals surface area contributed by atoms with Gasteiger partial charge in [-0.15, -0.1) is 0 Å². The van der Waals surface area contributed by atoms with E-state index < -0.39 is 7.12 Å². The van der Waals surface area contributed by atoms with Gasteiger partial charge in [-0.2, -0.15) is 0 Å². The third-order valence-corrected chi connectivity index (χ3v) is 4.77. The Morgan fingerprint density at radius 1 is 1.16 bits per heavy atom. The summed E-state index contributed by atoms with van der Waals surface area (Å²) in [6.07, 6.45) is 0. The van der Waals surface area contributed by atoms with E-state index in [0.717, 1.165) is 10.0 Å². The summed E-state index contributed by atoms with van der Waals surface area (Å²) in [5.41, 5.74) is 7.80. The molecule has 2 N–H and O–H groups in total. The van der Waals surface area contributed by atoms with Gasteiger partial charge in [0.15, 0.2) is 0 Å². The molecule has 1 aromatic rings. The van der Waals surface area contributed by atoms with Crippen LogP contribution in [0.1, 0.15) is 44.8 Å². The van der Waals surface area contributed by atoms with Crippen LogP contribution in [0.2, 0.25) is 0 Å². The Balaban J connectivity index is 2.24. The van der Waals surface area contributed by atoms with Gasteiger partial charge >= 0.3 is 7.12 Å². The number of halogens is 1. The summed E-state index contributed by atoms with van der Waals surface area (Å²) in [6, 6.07) is 6.13. The first kappa shape index (κ1) is 15.0. The normalized spacial score (nSPS) is 22.6. The molecule has 1 heterocycles. The summed E-state index contributed by atoms with van der Waals surface area (Å²) >= 11 is 3.56. The first-order valence-corrected chi connectivity index (χ1v) is 7.31. The van der Waals surface area contributed by atoms with Gasteiger partial charge in [0.1, 0.15) is 0 Å². The van der Waals surface area contributed by atoms with E-state index >= 15 is 0 Å². The van der Waals surface area contributed by atoms with Crippen molar-refractivity contribution in [3.8, 4) is 0 Å². The number of rotatable bonds is 2. The number of benzene rings is 1. The molecule has 3 nitrogen and oxygen atoms in total. The highest BCUT2D eigenvalue weighted by Gasteiger charge is 2.53. The monoisotopic (exact) mass is 325 g/mol. The highest BCUT2D eigenvalue weighted by atomic mass is 79.9. The van der Waals surface area contributed by atoms with Gasteiger partial charge in [-0.1, -0.05) is 28.1 Å². The molecule has 1 atom stereocenters. The van der Waals surface area contributed by atoms with E-state index in [9.17, 15) is 0 Å². The zero-order valence-corrected chi connectivity index (χ0v) is 13.7. The molecule has 0 aromatic heterocycles. The highest BCUT2D eigenvalue weighted by Crippen LogP contribution is 2.40. The molecule has 0 amide bonds. The molecule has 19 heavy (non-hydrogen) atoms. The number of nitrogens with two attached hydrogens (primary N) is 1. The maximum Gasteiger partial charge on any atom is 0.480 e. The molecule has 0 radical (unpaired) electrons. The number of hydrogen-bond donors (Lipinski definition) is 1. The smallest absolute Gasteiger partial charge is 0.402 e.